The third-order valence-corrected chi connectivity index (χ3v) is 3.35. The van der Waals surface area contributed by atoms with Gasteiger partial charge < -0.3 is 14.7 Å². The van der Waals surface area contributed by atoms with E-state index in [4.69, 9.17) is 21.4 Å². The smallest absolute Gasteiger partial charge is 0.305 e. The topological polar surface area (TPSA) is 66.8 Å². The number of amides is 1. The number of hydrogen-bond acceptors (Lipinski definition) is 3. The van der Waals surface area contributed by atoms with E-state index in [1.165, 1.54) is 4.90 Å². The molecule has 0 saturated heterocycles. The quantitative estimate of drug-likeness (QED) is 0.801. The Morgan fingerprint density at radius 3 is 2.52 bits per heavy atom. The summed E-state index contributed by atoms with van der Waals surface area (Å²) >= 11 is 6.02. The molecule has 0 fully saturated rings. The van der Waals surface area contributed by atoms with Crippen LogP contribution in [0.3, 0.4) is 0 Å². The summed E-state index contributed by atoms with van der Waals surface area (Å²) in [5.74, 6) is -0.698. The van der Waals surface area contributed by atoms with Gasteiger partial charge in [-0.3, -0.25) is 9.59 Å². The van der Waals surface area contributed by atoms with Crippen LogP contribution in [-0.2, 0) is 9.59 Å². The van der Waals surface area contributed by atoms with E-state index in [1.54, 1.807) is 24.3 Å². The fraction of sp³-hybridized carbons (Fsp3) is 0.467. The third-order valence-electron chi connectivity index (χ3n) is 3.04. The van der Waals surface area contributed by atoms with E-state index in [0.717, 1.165) is 0 Å². The minimum absolute atomic E-state index is 0.0812. The molecule has 116 valence electrons. The summed E-state index contributed by atoms with van der Waals surface area (Å²) in [5, 5.41) is 9.16. The highest BCUT2D eigenvalue weighted by atomic mass is 35.5. The van der Waals surface area contributed by atoms with Crippen molar-refractivity contribution in [3.05, 3.63) is 29.3 Å². The van der Waals surface area contributed by atoms with Gasteiger partial charge in [0.1, 0.15) is 5.75 Å². The maximum Gasteiger partial charge on any atom is 0.305 e. The van der Waals surface area contributed by atoms with Crippen LogP contribution in [0.2, 0.25) is 5.02 Å². The number of carboxylic acid groups (broad SMARTS) is 1. The van der Waals surface area contributed by atoms with E-state index in [2.05, 4.69) is 0 Å². The number of carboxylic acids is 1. The molecule has 0 heterocycles. The van der Waals surface area contributed by atoms with Crippen LogP contribution in [0.1, 0.15) is 26.7 Å². The van der Waals surface area contributed by atoms with Crippen LogP contribution in [-0.4, -0.2) is 41.1 Å². The first-order chi connectivity index (χ1) is 9.99. The molecule has 0 aromatic heterocycles. The summed E-state index contributed by atoms with van der Waals surface area (Å²) in [4.78, 5) is 24.5. The second-order valence-corrected chi connectivity index (χ2v) is 4.91. The van der Waals surface area contributed by atoms with Crippen LogP contribution in [0.4, 0.5) is 0 Å². The Kier molecular flexibility index (Phi) is 7.02. The maximum absolute atomic E-state index is 12.4. The summed E-state index contributed by atoms with van der Waals surface area (Å²) in [6.07, 6.45) is -0.269. The molecule has 0 saturated carbocycles. The first-order valence-electron chi connectivity index (χ1n) is 6.91. The number of rotatable bonds is 8. The van der Waals surface area contributed by atoms with Crippen molar-refractivity contribution in [2.75, 3.05) is 13.1 Å². The summed E-state index contributed by atoms with van der Waals surface area (Å²) in [7, 11) is 0. The van der Waals surface area contributed by atoms with Gasteiger partial charge in [-0.25, -0.2) is 0 Å². The summed E-state index contributed by atoms with van der Waals surface area (Å²) in [6, 6.07) is 6.95. The molecule has 1 amide bonds. The average Bonchev–Trinajstić information content (AvgIpc) is 2.46. The highest BCUT2D eigenvalue weighted by Crippen LogP contribution is 2.25. The van der Waals surface area contributed by atoms with E-state index in [0.29, 0.717) is 23.7 Å². The van der Waals surface area contributed by atoms with Crippen molar-refractivity contribution in [2.45, 2.75) is 32.8 Å². The van der Waals surface area contributed by atoms with Gasteiger partial charge in [0.15, 0.2) is 6.10 Å². The van der Waals surface area contributed by atoms with Gasteiger partial charge in [0.05, 0.1) is 11.4 Å². The minimum atomic E-state index is -0.929. The van der Waals surface area contributed by atoms with Gasteiger partial charge >= 0.3 is 5.97 Å². The number of halogens is 1. The van der Waals surface area contributed by atoms with Gasteiger partial charge in [-0.15, -0.1) is 0 Å². The number of hydrogen-bond donors (Lipinski definition) is 1. The number of nitrogens with zero attached hydrogens (tertiary/aromatic N) is 1. The van der Waals surface area contributed by atoms with Crippen LogP contribution in [0, 0.1) is 0 Å². The highest BCUT2D eigenvalue weighted by Gasteiger charge is 2.24. The van der Waals surface area contributed by atoms with Gasteiger partial charge in [0, 0.05) is 13.1 Å². The van der Waals surface area contributed by atoms with Crippen LogP contribution in [0.5, 0.6) is 5.75 Å². The molecule has 5 nitrogen and oxygen atoms in total. The fourth-order valence-electron chi connectivity index (χ4n) is 1.86. The lowest BCUT2D eigenvalue weighted by molar-refractivity contribution is -0.141. The van der Waals surface area contributed by atoms with Crippen LogP contribution >= 0.6 is 11.6 Å². The van der Waals surface area contributed by atoms with E-state index >= 15 is 0 Å². The standard InChI is InChI=1S/C15H20ClNO4/c1-3-12(21-13-8-6-5-7-11(13)16)15(20)17(4-2)10-9-14(18)19/h5-8,12H,3-4,9-10H2,1-2H3,(H,18,19). The van der Waals surface area contributed by atoms with E-state index in [1.807, 2.05) is 13.8 Å². The van der Waals surface area contributed by atoms with Crippen LogP contribution in [0.15, 0.2) is 24.3 Å². The first kappa shape index (κ1) is 17.3. The predicted octanol–water partition coefficient (Wildman–Crippen LogP) is 2.82. The second-order valence-electron chi connectivity index (χ2n) is 4.51. The second kappa shape index (κ2) is 8.52. The molecule has 1 aromatic carbocycles. The Morgan fingerprint density at radius 1 is 1.33 bits per heavy atom. The molecular formula is C15H20ClNO4. The minimum Gasteiger partial charge on any atom is -0.481 e. The Morgan fingerprint density at radius 2 is 2.00 bits per heavy atom. The lowest BCUT2D eigenvalue weighted by Crippen LogP contribution is -2.42. The number of aliphatic carboxylic acids is 1. The number of likely N-dealkylation sites (N-methyl/N-ethyl adjacent to an activating group) is 1. The number of carbonyl (C=O) groups is 2. The average molecular weight is 314 g/mol. The molecule has 0 spiro atoms. The molecule has 1 aromatic rings. The molecule has 1 rings (SSSR count). The fourth-order valence-corrected chi connectivity index (χ4v) is 2.04. The zero-order chi connectivity index (χ0) is 15.8. The zero-order valence-electron chi connectivity index (χ0n) is 12.2. The van der Waals surface area contributed by atoms with Gasteiger partial charge in [-0.2, -0.15) is 0 Å². The van der Waals surface area contributed by atoms with Crippen molar-refractivity contribution in [2.24, 2.45) is 0 Å². The lowest BCUT2D eigenvalue weighted by Gasteiger charge is -2.26. The summed E-state index contributed by atoms with van der Waals surface area (Å²) < 4.78 is 5.68. The number of ether oxygens (including phenoxy) is 1. The molecule has 1 unspecified atom stereocenters. The van der Waals surface area contributed by atoms with Gasteiger partial charge in [0.25, 0.3) is 5.91 Å². The Hall–Kier alpha value is -1.75. The SMILES string of the molecule is CCC(Oc1ccccc1Cl)C(=O)N(CC)CCC(=O)O. The van der Waals surface area contributed by atoms with E-state index in [9.17, 15) is 9.59 Å². The molecule has 1 N–H and O–H groups in total. The summed E-state index contributed by atoms with van der Waals surface area (Å²) in [5.41, 5.74) is 0. The molecule has 21 heavy (non-hydrogen) atoms. The number of carbonyl (C=O) groups excluding carboxylic acids is 1. The van der Waals surface area contributed by atoms with Crippen molar-refractivity contribution >= 4 is 23.5 Å². The monoisotopic (exact) mass is 313 g/mol. The molecular weight excluding hydrogens is 294 g/mol. The van der Waals surface area contributed by atoms with Crippen LogP contribution < -0.4 is 4.74 Å². The van der Waals surface area contributed by atoms with Gasteiger partial charge in [-0.05, 0) is 25.5 Å². The van der Waals surface area contributed by atoms with Crippen LogP contribution in [0.25, 0.3) is 0 Å². The lowest BCUT2D eigenvalue weighted by atomic mass is 10.2. The maximum atomic E-state index is 12.4. The normalized spacial score (nSPS) is 11.8. The third kappa shape index (κ3) is 5.27. The van der Waals surface area contributed by atoms with E-state index < -0.39 is 12.1 Å². The molecule has 0 aliphatic heterocycles. The van der Waals surface area contributed by atoms with Gasteiger partial charge in [0.2, 0.25) is 0 Å². The number of para-hydroxylation sites is 1. The first-order valence-corrected chi connectivity index (χ1v) is 7.29. The Bertz CT molecular complexity index is 492. The van der Waals surface area contributed by atoms with Gasteiger partial charge in [-0.1, -0.05) is 30.7 Å². The van der Waals surface area contributed by atoms with Crippen molar-refractivity contribution in [1.29, 1.82) is 0 Å². The summed E-state index contributed by atoms with van der Waals surface area (Å²) in [6.45, 7) is 4.26. The predicted molar refractivity (Wildman–Crippen MR) is 80.7 cm³/mol. The van der Waals surface area contributed by atoms with Crippen molar-refractivity contribution in [3.63, 3.8) is 0 Å². The molecule has 0 bridgehead atoms. The molecule has 6 heteroatoms. The van der Waals surface area contributed by atoms with Crippen molar-refractivity contribution < 1.29 is 19.4 Å². The number of benzene rings is 1. The Balaban J connectivity index is 2.75. The van der Waals surface area contributed by atoms with Crippen molar-refractivity contribution in [1.82, 2.24) is 4.90 Å². The Labute approximate surface area is 129 Å². The highest BCUT2D eigenvalue weighted by molar-refractivity contribution is 6.32. The largest absolute Gasteiger partial charge is 0.481 e. The van der Waals surface area contributed by atoms with E-state index in [-0.39, 0.29) is 18.9 Å². The molecule has 0 aliphatic carbocycles. The molecule has 1 atom stereocenters. The zero-order valence-corrected chi connectivity index (χ0v) is 13.0. The molecule has 0 radical (unpaired) electrons. The van der Waals surface area contributed by atoms with Crippen molar-refractivity contribution in [3.8, 4) is 5.75 Å². The molecule has 0 aliphatic rings.